The van der Waals surface area contributed by atoms with Gasteiger partial charge in [0.2, 0.25) is 0 Å². The van der Waals surface area contributed by atoms with E-state index < -0.39 is 5.97 Å². The third-order valence-corrected chi connectivity index (χ3v) is 3.96. The minimum atomic E-state index is -0.677. The van der Waals surface area contributed by atoms with Crippen LogP contribution < -0.4 is 5.32 Å². The standard InChI is InChI=1S/C10H19NO2S/c1-8(2)3-4-14-10(5-9(12)13)6-11-7-10/h8,11H,3-7H2,1-2H3,(H,12,13). The van der Waals surface area contributed by atoms with E-state index in [9.17, 15) is 4.79 Å². The Bertz CT molecular complexity index is 202. The number of thioether (sulfide) groups is 1. The van der Waals surface area contributed by atoms with E-state index >= 15 is 0 Å². The first-order valence-electron chi connectivity index (χ1n) is 5.10. The summed E-state index contributed by atoms with van der Waals surface area (Å²) in [5.74, 6) is 1.10. The average Bonchev–Trinajstić information content (AvgIpc) is 1.98. The molecule has 1 saturated heterocycles. The molecule has 0 amide bonds. The SMILES string of the molecule is CC(C)CCSC1(CC(=O)O)CNC1. The van der Waals surface area contributed by atoms with Crippen LogP contribution in [0.1, 0.15) is 26.7 Å². The van der Waals surface area contributed by atoms with Crippen LogP contribution >= 0.6 is 11.8 Å². The smallest absolute Gasteiger partial charge is 0.304 e. The lowest BCUT2D eigenvalue weighted by Crippen LogP contribution is -2.58. The molecule has 82 valence electrons. The molecular formula is C10H19NO2S. The number of hydrogen-bond acceptors (Lipinski definition) is 3. The largest absolute Gasteiger partial charge is 0.481 e. The second-order valence-corrected chi connectivity index (χ2v) is 5.95. The summed E-state index contributed by atoms with van der Waals surface area (Å²) < 4.78 is -0.0132. The molecule has 0 aromatic carbocycles. The minimum Gasteiger partial charge on any atom is -0.481 e. The molecule has 0 aromatic heterocycles. The van der Waals surface area contributed by atoms with E-state index in [1.165, 1.54) is 6.42 Å². The summed E-state index contributed by atoms with van der Waals surface area (Å²) in [7, 11) is 0. The van der Waals surface area contributed by atoms with E-state index in [-0.39, 0.29) is 4.75 Å². The van der Waals surface area contributed by atoms with Gasteiger partial charge in [-0.15, -0.1) is 0 Å². The van der Waals surface area contributed by atoms with Crippen LogP contribution in [-0.4, -0.2) is 34.7 Å². The molecule has 1 rings (SSSR count). The van der Waals surface area contributed by atoms with Crippen LogP contribution in [0.25, 0.3) is 0 Å². The van der Waals surface area contributed by atoms with Crippen molar-refractivity contribution in [3.05, 3.63) is 0 Å². The van der Waals surface area contributed by atoms with Crippen molar-refractivity contribution in [2.24, 2.45) is 5.92 Å². The molecule has 0 unspecified atom stereocenters. The monoisotopic (exact) mass is 217 g/mol. The molecule has 0 spiro atoms. The number of aliphatic carboxylic acids is 1. The van der Waals surface area contributed by atoms with Gasteiger partial charge in [0.05, 0.1) is 11.2 Å². The molecule has 0 atom stereocenters. The van der Waals surface area contributed by atoms with Gasteiger partial charge in [-0.25, -0.2) is 0 Å². The van der Waals surface area contributed by atoms with E-state index in [1.54, 1.807) is 0 Å². The predicted molar refractivity (Wildman–Crippen MR) is 59.8 cm³/mol. The van der Waals surface area contributed by atoms with Crippen LogP contribution in [0.4, 0.5) is 0 Å². The van der Waals surface area contributed by atoms with Crippen molar-refractivity contribution >= 4 is 17.7 Å². The molecule has 4 heteroatoms. The van der Waals surface area contributed by atoms with Crippen LogP contribution in [0, 0.1) is 5.92 Å². The second kappa shape index (κ2) is 5.03. The van der Waals surface area contributed by atoms with Gasteiger partial charge in [-0.2, -0.15) is 11.8 Å². The number of carboxylic acids is 1. The van der Waals surface area contributed by atoms with Crippen molar-refractivity contribution in [3.8, 4) is 0 Å². The van der Waals surface area contributed by atoms with E-state index in [0.717, 1.165) is 18.8 Å². The van der Waals surface area contributed by atoms with Gasteiger partial charge < -0.3 is 10.4 Å². The molecular weight excluding hydrogens is 198 g/mol. The number of hydrogen-bond donors (Lipinski definition) is 2. The molecule has 0 radical (unpaired) electrons. The minimum absolute atomic E-state index is 0.0132. The molecule has 3 nitrogen and oxygen atoms in total. The summed E-state index contributed by atoms with van der Waals surface area (Å²) in [5, 5.41) is 11.9. The summed E-state index contributed by atoms with van der Waals surface area (Å²) in [4.78, 5) is 10.7. The first-order valence-corrected chi connectivity index (χ1v) is 6.09. The normalized spacial score (nSPS) is 19.4. The lowest BCUT2D eigenvalue weighted by Gasteiger charge is -2.41. The zero-order valence-corrected chi connectivity index (χ0v) is 9.69. The Balaban J connectivity index is 2.27. The van der Waals surface area contributed by atoms with Crippen molar-refractivity contribution in [2.75, 3.05) is 18.8 Å². The van der Waals surface area contributed by atoms with Crippen molar-refractivity contribution in [3.63, 3.8) is 0 Å². The fourth-order valence-electron chi connectivity index (χ4n) is 1.47. The molecule has 14 heavy (non-hydrogen) atoms. The quantitative estimate of drug-likeness (QED) is 0.709. The predicted octanol–water partition coefficient (Wildman–Crippen LogP) is 1.58. The van der Waals surface area contributed by atoms with Gasteiger partial charge >= 0.3 is 5.97 Å². The molecule has 1 heterocycles. The van der Waals surface area contributed by atoms with E-state index in [0.29, 0.717) is 12.3 Å². The molecule has 1 aliphatic rings. The molecule has 1 fully saturated rings. The third-order valence-electron chi connectivity index (χ3n) is 2.47. The summed E-state index contributed by atoms with van der Waals surface area (Å²) in [5.41, 5.74) is 0. The summed E-state index contributed by atoms with van der Waals surface area (Å²) in [6.07, 6.45) is 1.47. The third kappa shape index (κ3) is 3.50. The van der Waals surface area contributed by atoms with E-state index in [1.807, 2.05) is 11.8 Å². The first-order chi connectivity index (χ1) is 6.54. The summed E-state index contributed by atoms with van der Waals surface area (Å²) >= 11 is 1.82. The van der Waals surface area contributed by atoms with Crippen LogP contribution in [0.5, 0.6) is 0 Å². The van der Waals surface area contributed by atoms with Gasteiger partial charge in [0.25, 0.3) is 0 Å². The van der Waals surface area contributed by atoms with Crippen LogP contribution in [0.3, 0.4) is 0 Å². The van der Waals surface area contributed by atoms with Crippen molar-refractivity contribution < 1.29 is 9.90 Å². The topological polar surface area (TPSA) is 49.3 Å². The Morgan fingerprint density at radius 3 is 2.57 bits per heavy atom. The second-order valence-electron chi connectivity index (χ2n) is 4.39. The Hall–Kier alpha value is -0.220. The lowest BCUT2D eigenvalue weighted by molar-refractivity contribution is -0.138. The van der Waals surface area contributed by atoms with E-state index in [2.05, 4.69) is 19.2 Å². The molecule has 2 N–H and O–H groups in total. The van der Waals surface area contributed by atoms with E-state index in [4.69, 9.17) is 5.11 Å². The van der Waals surface area contributed by atoms with Gasteiger partial charge in [0.1, 0.15) is 0 Å². The van der Waals surface area contributed by atoms with Gasteiger partial charge in [0.15, 0.2) is 0 Å². The molecule has 0 aromatic rings. The maximum Gasteiger partial charge on any atom is 0.304 e. The molecule has 0 aliphatic carbocycles. The lowest BCUT2D eigenvalue weighted by atomic mass is 9.98. The highest BCUT2D eigenvalue weighted by Crippen LogP contribution is 2.34. The van der Waals surface area contributed by atoms with Gasteiger partial charge in [0, 0.05) is 13.1 Å². The van der Waals surface area contributed by atoms with Crippen LogP contribution in [-0.2, 0) is 4.79 Å². The van der Waals surface area contributed by atoms with Gasteiger partial charge in [-0.05, 0) is 18.1 Å². The summed E-state index contributed by atoms with van der Waals surface area (Å²) in [6, 6.07) is 0. The highest BCUT2D eigenvalue weighted by Gasteiger charge is 2.39. The molecule has 0 saturated carbocycles. The van der Waals surface area contributed by atoms with Crippen molar-refractivity contribution in [2.45, 2.75) is 31.4 Å². The number of carbonyl (C=O) groups is 1. The average molecular weight is 217 g/mol. The Morgan fingerprint density at radius 2 is 2.21 bits per heavy atom. The Kier molecular flexibility index (Phi) is 4.26. The number of nitrogens with one attached hydrogen (secondary N) is 1. The molecule has 1 aliphatic heterocycles. The highest BCUT2D eigenvalue weighted by molar-refractivity contribution is 8.00. The fraction of sp³-hybridized carbons (Fsp3) is 0.900. The maximum absolute atomic E-state index is 10.7. The summed E-state index contributed by atoms with van der Waals surface area (Å²) in [6.45, 7) is 6.09. The maximum atomic E-state index is 10.7. The van der Waals surface area contributed by atoms with Crippen LogP contribution in [0.2, 0.25) is 0 Å². The Labute approximate surface area is 89.6 Å². The first kappa shape index (κ1) is 11.9. The number of rotatable bonds is 6. The molecule has 0 bridgehead atoms. The zero-order chi connectivity index (χ0) is 10.6. The zero-order valence-electron chi connectivity index (χ0n) is 8.88. The van der Waals surface area contributed by atoms with Crippen molar-refractivity contribution in [1.29, 1.82) is 0 Å². The highest BCUT2D eigenvalue weighted by atomic mass is 32.2. The van der Waals surface area contributed by atoms with Gasteiger partial charge in [-0.3, -0.25) is 4.79 Å². The van der Waals surface area contributed by atoms with Gasteiger partial charge in [-0.1, -0.05) is 13.8 Å². The Morgan fingerprint density at radius 1 is 1.57 bits per heavy atom. The fourth-order valence-corrected chi connectivity index (χ4v) is 3.12. The van der Waals surface area contributed by atoms with Crippen molar-refractivity contribution in [1.82, 2.24) is 5.32 Å². The van der Waals surface area contributed by atoms with Crippen LogP contribution in [0.15, 0.2) is 0 Å². The number of carboxylic acid groups (broad SMARTS) is 1.